The molecule has 2 aromatic heterocycles. The molecule has 0 N–H and O–H groups in total. The van der Waals surface area contributed by atoms with Crippen molar-refractivity contribution in [1.82, 2.24) is 9.97 Å². The van der Waals surface area contributed by atoms with Crippen molar-refractivity contribution in [2.45, 2.75) is 0 Å². The fourth-order valence-corrected chi connectivity index (χ4v) is 4.32. The van der Waals surface area contributed by atoms with Crippen molar-refractivity contribution in [3.63, 3.8) is 0 Å². The summed E-state index contributed by atoms with van der Waals surface area (Å²) in [5.74, 6) is -0.110. The van der Waals surface area contributed by atoms with Gasteiger partial charge in [0.2, 0.25) is 0 Å². The largest absolute Gasteiger partial charge is 2.00 e. The van der Waals surface area contributed by atoms with E-state index >= 15 is 0 Å². The molecule has 2 heterocycles. The number of nitrogens with zero attached hydrogens (tertiary/aromatic N) is 2. The van der Waals surface area contributed by atoms with Gasteiger partial charge in [0.15, 0.2) is 0 Å². The van der Waals surface area contributed by atoms with E-state index in [4.69, 9.17) is 23.2 Å². The first-order valence-electron chi connectivity index (χ1n) is 7.19. The Labute approximate surface area is 205 Å². The van der Waals surface area contributed by atoms with Crippen LogP contribution in [0.4, 0.5) is 0 Å². The molecule has 0 amide bonds. The molecular formula is C18H8Cl2I2N2O2Zn. The second-order valence-electron chi connectivity index (χ2n) is 5.14. The zero-order chi connectivity index (χ0) is 18.8. The summed E-state index contributed by atoms with van der Waals surface area (Å²) in [6, 6.07) is 10.4. The van der Waals surface area contributed by atoms with Gasteiger partial charge in [-0.25, -0.2) is 0 Å². The summed E-state index contributed by atoms with van der Waals surface area (Å²) >= 11 is 15.8. The van der Waals surface area contributed by atoms with Gasteiger partial charge >= 0.3 is 19.5 Å². The van der Waals surface area contributed by atoms with E-state index in [1.165, 1.54) is 0 Å². The smallest absolute Gasteiger partial charge is 0.870 e. The van der Waals surface area contributed by atoms with Gasteiger partial charge in [0.25, 0.3) is 0 Å². The van der Waals surface area contributed by atoms with E-state index in [2.05, 4.69) is 9.97 Å². The first-order chi connectivity index (χ1) is 12.4. The van der Waals surface area contributed by atoms with Gasteiger partial charge in [-0.3, -0.25) is 9.97 Å². The van der Waals surface area contributed by atoms with Crippen molar-refractivity contribution in [2.75, 3.05) is 0 Å². The van der Waals surface area contributed by atoms with E-state index in [-0.39, 0.29) is 31.0 Å². The second kappa shape index (κ2) is 9.83. The molecule has 27 heavy (non-hydrogen) atoms. The maximum Gasteiger partial charge on any atom is 2.00 e. The number of benzene rings is 2. The van der Waals surface area contributed by atoms with E-state index in [0.717, 1.165) is 10.8 Å². The third-order valence-electron chi connectivity index (χ3n) is 3.50. The van der Waals surface area contributed by atoms with Crippen molar-refractivity contribution < 1.29 is 29.7 Å². The maximum absolute atomic E-state index is 11.6. The Morgan fingerprint density at radius 1 is 0.741 bits per heavy atom. The number of hydrogen-bond acceptors (Lipinski definition) is 4. The Bertz CT molecular complexity index is 1040. The van der Waals surface area contributed by atoms with E-state index in [1.807, 2.05) is 45.2 Å². The standard InChI is InChI=1S/2C9H5ClINO.Zn/c2*10-6-4-7(11)9(13)8-5(6)2-1-3-12-8;/h2*1-4,13H;/q;;+2/p-2/i2*11-3;. The van der Waals surface area contributed by atoms with Crippen LogP contribution in [0.3, 0.4) is 0 Å². The van der Waals surface area contributed by atoms with Crippen LogP contribution in [0.1, 0.15) is 0 Å². The zero-order valence-corrected chi connectivity index (χ0v) is 22.3. The molecular weight excluding hydrogens is 660 g/mol. The number of pyridine rings is 2. The first kappa shape index (κ1) is 22.8. The summed E-state index contributed by atoms with van der Waals surface area (Å²) in [6.45, 7) is 0. The van der Waals surface area contributed by atoms with E-state index in [9.17, 15) is 10.2 Å². The monoisotopic (exact) mass is 666 g/mol. The second-order valence-corrected chi connectivity index (χ2v) is 8.28. The molecule has 0 unspecified atom stereocenters. The van der Waals surface area contributed by atoms with Crippen LogP contribution in [0.2, 0.25) is 10.0 Å². The molecule has 4 rings (SSSR count). The molecule has 0 fully saturated rings. The molecule has 0 radical (unpaired) electrons. The molecule has 0 atom stereocenters. The van der Waals surface area contributed by atoms with Crippen molar-refractivity contribution in [2.24, 2.45) is 0 Å². The fraction of sp³-hybridized carbons (Fsp3) is 0. The summed E-state index contributed by atoms with van der Waals surface area (Å²) < 4.78 is 1.21. The molecule has 0 bridgehead atoms. The SMILES string of the molecule is [O-]c1c([124I])cc(Cl)c2cccnc12.[O-]c1c([124I])cc(Cl)c2cccnc12.[Zn+2]. The summed E-state index contributed by atoms with van der Waals surface area (Å²) in [7, 11) is 0. The Balaban J connectivity index is 0.000000187. The number of fused-ring (bicyclic) bond motifs is 2. The van der Waals surface area contributed by atoms with Gasteiger partial charge in [-0.2, -0.15) is 0 Å². The van der Waals surface area contributed by atoms with Gasteiger partial charge in [0, 0.05) is 30.3 Å². The van der Waals surface area contributed by atoms with Gasteiger partial charge in [0.1, 0.15) is 0 Å². The molecule has 0 aliphatic rings. The van der Waals surface area contributed by atoms with Crippen molar-refractivity contribution in [3.05, 3.63) is 66.0 Å². The third-order valence-corrected chi connectivity index (χ3v) is 5.73. The average Bonchev–Trinajstić information content (AvgIpc) is 2.65. The van der Waals surface area contributed by atoms with E-state index < -0.39 is 0 Å². The normalized spacial score (nSPS) is 10.2. The number of aromatic nitrogens is 2. The topological polar surface area (TPSA) is 71.9 Å². The van der Waals surface area contributed by atoms with E-state index in [0.29, 0.717) is 28.2 Å². The molecule has 132 valence electrons. The Morgan fingerprint density at radius 3 is 1.48 bits per heavy atom. The molecule has 4 aromatic rings. The van der Waals surface area contributed by atoms with Crippen molar-refractivity contribution >= 4 is 90.2 Å². The summed E-state index contributed by atoms with van der Waals surface area (Å²) in [6.07, 6.45) is 3.19. The van der Waals surface area contributed by atoms with Crippen LogP contribution >= 0.6 is 68.4 Å². The summed E-state index contributed by atoms with van der Waals surface area (Å²) in [4.78, 5) is 8.00. The van der Waals surface area contributed by atoms with Crippen LogP contribution in [0.15, 0.2) is 48.8 Å². The Hall–Kier alpha value is -0.477. The molecule has 0 aliphatic carbocycles. The zero-order valence-electron chi connectivity index (χ0n) is 13.5. The quantitative estimate of drug-likeness (QED) is 0.193. The van der Waals surface area contributed by atoms with Crippen LogP contribution in [-0.4, -0.2) is 9.97 Å². The molecule has 9 heteroatoms. The Morgan fingerprint density at radius 2 is 1.11 bits per heavy atom. The van der Waals surface area contributed by atoms with Gasteiger partial charge in [0.05, 0.1) is 21.1 Å². The number of rotatable bonds is 0. The molecule has 0 spiro atoms. The average molecular weight is 668 g/mol. The van der Waals surface area contributed by atoms with Crippen LogP contribution in [0.25, 0.3) is 21.8 Å². The number of halogens is 4. The maximum atomic E-state index is 11.6. The minimum absolute atomic E-state index is 0. The molecule has 0 saturated heterocycles. The minimum Gasteiger partial charge on any atom is -0.870 e. The predicted octanol–water partition coefficient (Wildman–Crippen LogP) is 5.13. The van der Waals surface area contributed by atoms with Gasteiger partial charge in [-0.05, 0) is 81.6 Å². The van der Waals surface area contributed by atoms with Crippen LogP contribution in [-0.2, 0) is 19.5 Å². The van der Waals surface area contributed by atoms with Crippen LogP contribution in [0, 0.1) is 7.14 Å². The Kier molecular flexibility index (Phi) is 8.30. The minimum atomic E-state index is -0.0550. The van der Waals surface area contributed by atoms with Gasteiger partial charge < -0.3 is 10.2 Å². The third kappa shape index (κ3) is 4.93. The molecule has 2 aromatic carbocycles. The van der Waals surface area contributed by atoms with Crippen LogP contribution in [0.5, 0.6) is 11.5 Å². The predicted molar refractivity (Wildman–Crippen MR) is 118 cm³/mol. The first-order valence-corrected chi connectivity index (χ1v) is 10.1. The molecule has 0 saturated carbocycles. The van der Waals surface area contributed by atoms with Crippen molar-refractivity contribution in [1.29, 1.82) is 0 Å². The van der Waals surface area contributed by atoms with E-state index in [1.54, 1.807) is 48.8 Å². The van der Waals surface area contributed by atoms with Gasteiger partial charge in [-0.1, -0.05) is 34.7 Å². The fourth-order valence-electron chi connectivity index (χ4n) is 2.29. The summed E-state index contributed by atoms with van der Waals surface area (Å²) in [5.41, 5.74) is 0.888. The molecule has 4 nitrogen and oxygen atoms in total. The van der Waals surface area contributed by atoms with Crippen LogP contribution < -0.4 is 10.2 Å². The van der Waals surface area contributed by atoms with Crippen molar-refractivity contribution in [3.8, 4) is 11.5 Å². The number of hydrogen-bond donors (Lipinski definition) is 0. The summed E-state index contributed by atoms with van der Waals surface area (Å²) in [5, 5.41) is 25.7. The van der Waals surface area contributed by atoms with Gasteiger partial charge in [-0.15, -0.1) is 0 Å². The molecule has 0 aliphatic heterocycles.